The minimum absolute atomic E-state index is 0.0425. The molecule has 2 bridgehead atoms. The predicted molar refractivity (Wildman–Crippen MR) is 319 cm³/mol. The van der Waals surface area contributed by atoms with Crippen LogP contribution in [-0.4, -0.2) is 193 Å². The van der Waals surface area contributed by atoms with Crippen LogP contribution in [0.1, 0.15) is 91.7 Å². The van der Waals surface area contributed by atoms with E-state index in [1.165, 1.54) is 19.9 Å². The van der Waals surface area contributed by atoms with E-state index in [9.17, 15) is 68.1 Å². The number of aliphatic hydroxyl groups is 3. The summed E-state index contributed by atoms with van der Waals surface area (Å²) in [6, 6.07) is 0.856. The van der Waals surface area contributed by atoms with E-state index in [-0.39, 0.29) is 58.4 Å². The molecule has 3 unspecified atom stereocenters. The van der Waals surface area contributed by atoms with Gasteiger partial charge >= 0.3 is 0 Å². The van der Waals surface area contributed by atoms with Gasteiger partial charge in [-0.2, -0.15) is 0 Å². The van der Waals surface area contributed by atoms with Gasteiger partial charge in [-0.1, -0.05) is 60.1 Å². The lowest BCUT2D eigenvalue weighted by atomic mass is 9.92. The fourth-order valence-electron chi connectivity index (χ4n) is 10.4. The van der Waals surface area contributed by atoms with E-state index in [1.807, 2.05) is 0 Å². The van der Waals surface area contributed by atoms with Crippen molar-refractivity contribution < 1.29 is 81.8 Å². The maximum atomic E-state index is 15.2. The smallest absolute Gasteiger partial charge is 0.247 e. The molecule has 6 rings (SSSR count). The number of H-pyrrole nitrogens is 1. The van der Waals surface area contributed by atoms with Crippen molar-refractivity contribution in [2.45, 2.75) is 159 Å². The molecule has 0 spiro atoms. The molecule has 1 fully saturated rings. The molecular weight excluding hydrogens is 1180 g/mol. The van der Waals surface area contributed by atoms with Crippen LogP contribution in [0, 0.1) is 17.8 Å². The summed E-state index contributed by atoms with van der Waals surface area (Å²) in [6.45, 7) is 8.21. The normalized spacial score (nSPS) is 25.0. The number of carbonyl (C=O) groups excluding carboxylic acids is 12. The van der Waals surface area contributed by atoms with Crippen LogP contribution in [0.4, 0.5) is 5.69 Å². The summed E-state index contributed by atoms with van der Waals surface area (Å²) < 4.78 is 21.4. The topological polar surface area (TPSA) is 457 Å². The SMILES string of the molecule is CCC(=O)N[C@H](C(=O)N[C@@H](C)C(=O)Nc1ccc(COc2ccc3c4c([nH]c3c2)S(=O)CC2NC(=O)CNC(=O)[C@H]([C@@H](C)CC)NC(=O)CNC(=O)C(C4)NC(=O)[C@H]([C@@H](C)[C@@H](O)CO)N[C@@]3(C=O)C[C@@H](O)CN3C(=O)[C@H](CCC(N)=O)NC2=O)cc1)C(C)C. The van der Waals surface area contributed by atoms with Gasteiger partial charge in [0.15, 0.2) is 11.9 Å². The quantitative estimate of drug-likeness (QED) is 0.0515. The number of benzene rings is 2. The number of hydrogen-bond donors (Lipinski definition) is 15. The summed E-state index contributed by atoms with van der Waals surface area (Å²) in [5.74, 6) is -12.2. The summed E-state index contributed by atoms with van der Waals surface area (Å²) in [6.07, 6.45) is -4.70. The second-order valence-electron chi connectivity index (χ2n) is 22.9. The molecule has 30 nitrogen and oxygen atoms in total. The molecule has 486 valence electrons. The number of aldehydes is 1. The number of hydrogen-bond acceptors (Lipinski definition) is 18. The van der Waals surface area contributed by atoms with Gasteiger partial charge in [0.2, 0.25) is 65.0 Å². The van der Waals surface area contributed by atoms with Crippen LogP contribution in [0.15, 0.2) is 47.5 Å². The number of nitrogens with one attached hydrogen (secondary N) is 11. The Morgan fingerprint density at radius 3 is 2.15 bits per heavy atom. The van der Waals surface area contributed by atoms with Gasteiger partial charge < -0.3 is 83.5 Å². The molecule has 89 heavy (non-hydrogen) atoms. The molecule has 4 heterocycles. The average molecular weight is 1260 g/mol. The van der Waals surface area contributed by atoms with Crippen LogP contribution in [0.2, 0.25) is 0 Å². The van der Waals surface area contributed by atoms with Crippen LogP contribution in [0.25, 0.3) is 10.9 Å². The van der Waals surface area contributed by atoms with E-state index in [0.29, 0.717) is 17.7 Å². The highest BCUT2D eigenvalue weighted by atomic mass is 32.2. The zero-order valence-electron chi connectivity index (χ0n) is 50.5. The third-order valence-electron chi connectivity index (χ3n) is 15.9. The van der Waals surface area contributed by atoms with Crippen LogP contribution >= 0.6 is 0 Å². The standard InChI is InChI=1S/C58H81N13O17S/c1-8-29(5)48-53(83)61-21-45(78)64-41-26-89(87)56-37(36-15-14-35(18-39(36)67-56)88-25-32-10-12-33(13-11-32)63-50(80)31(7)62-54(84)47(28(3)4)68-44(77)9-2)19-40(51(81)60-22-46(79)69-48)66-55(85)49(30(6)42(75)24-72)70-58(27-73)20-34(74)23-71(58)57(86)38(65-52(41)82)16-17-43(59)76/h10-15,18,27-31,34,38,40-42,47-49,67,70,72,74-75H,8-9,16-17,19-26H2,1-7H3,(H2,59,76)(H,60,81)(H,61,83)(H,62,84)(H,63,80)(H,64,78)(H,65,82)(H,66,85)(H,68,77)(H,69,79)/t29-,30-,31-,34+,38-,40?,41?,42-,47-,48-,49-,58-,89?/m0/s1. The molecule has 1 aromatic heterocycles. The minimum atomic E-state index is -2.45. The van der Waals surface area contributed by atoms with E-state index >= 15 is 9.00 Å². The third kappa shape index (κ3) is 17.9. The molecule has 16 N–H and O–H groups in total. The summed E-state index contributed by atoms with van der Waals surface area (Å²) in [4.78, 5) is 168. The number of nitrogens with two attached hydrogens (primary N) is 1. The van der Waals surface area contributed by atoms with Gasteiger partial charge in [-0.15, -0.1) is 0 Å². The van der Waals surface area contributed by atoms with Crippen LogP contribution < -0.4 is 63.6 Å². The van der Waals surface area contributed by atoms with Crippen LogP contribution in [0.3, 0.4) is 0 Å². The van der Waals surface area contributed by atoms with E-state index in [1.54, 1.807) is 71.0 Å². The fraction of sp³-hybridized carbons (Fsp3) is 0.552. The van der Waals surface area contributed by atoms with Gasteiger partial charge in [-0.05, 0) is 60.6 Å². The zero-order valence-corrected chi connectivity index (χ0v) is 51.3. The summed E-state index contributed by atoms with van der Waals surface area (Å²) in [7, 11) is -2.45. The number of amides is 11. The van der Waals surface area contributed by atoms with E-state index in [4.69, 9.17) is 10.5 Å². The van der Waals surface area contributed by atoms with Gasteiger partial charge in [0.1, 0.15) is 53.6 Å². The molecule has 3 aromatic rings. The van der Waals surface area contributed by atoms with Crippen molar-refractivity contribution in [1.29, 1.82) is 0 Å². The van der Waals surface area contributed by atoms with Crippen LogP contribution in [0.5, 0.6) is 5.75 Å². The number of rotatable bonds is 19. The van der Waals surface area contributed by atoms with Crippen molar-refractivity contribution in [3.63, 3.8) is 0 Å². The Morgan fingerprint density at radius 2 is 1.52 bits per heavy atom. The molecule has 3 aliphatic heterocycles. The Hall–Kier alpha value is -8.39. The molecule has 13 atom stereocenters. The maximum absolute atomic E-state index is 15.2. The number of anilines is 1. The lowest BCUT2D eigenvalue weighted by Gasteiger charge is -2.41. The number of ether oxygens (including phenoxy) is 1. The Kier molecular flexibility index (Phi) is 24.4. The highest BCUT2D eigenvalue weighted by molar-refractivity contribution is 7.85. The number of nitrogens with zero attached hydrogens (tertiary/aromatic N) is 1. The second kappa shape index (κ2) is 31.2. The lowest BCUT2D eigenvalue weighted by molar-refractivity contribution is -0.147. The van der Waals surface area contributed by atoms with Crippen molar-refractivity contribution in [2.24, 2.45) is 23.5 Å². The van der Waals surface area contributed by atoms with E-state index in [0.717, 1.165) is 4.90 Å². The molecule has 31 heteroatoms. The number of aromatic amines is 1. The van der Waals surface area contributed by atoms with Gasteiger partial charge in [-0.25, -0.2) is 0 Å². The number of primary amides is 1. The monoisotopic (exact) mass is 1260 g/mol. The fourth-order valence-corrected chi connectivity index (χ4v) is 11.8. The number of carbonyl (C=O) groups is 12. The van der Waals surface area contributed by atoms with Gasteiger partial charge in [0.05, 0.1) is 60.0 Å². The Labute approximate surface area is 515 Å². The molecular formula is C58H81N13O17S. The maximum Gasteiger partial charge on any atom is 0.247 e. The molecule has 0 saturated carbocycles. The Bertz CT molecular complexity index is 3180. The minimum Gasteiger partial charge on any atom is -0.489 e. The number of aliphatic hydroxyl groups excluding tert-OH is 3. The first-order chi connectivity index (χ1) is 42.1. The van der Waals surface area contributed by atoms with Crippen molar-refractivity contribution in [3.8, 4) is 5.75 Å². The molecule has 2 aromatic carbocycles. The highest BCUT2D eigenvalue weighted by Gasteiger charge is 2.52. The largest absolute Gasteiger partial charge is 0.489 e. The van der Waals surface area contributed by atoms with Gasteiger partial charge in [0, 0.05) is 55.3 Å². The molecule has 3 aliphatic rings. The van der Waals surface area contributed by atoms with Crippen molar-refractivity contribution >= 4 is 98.7 Å². The van der Waals surface area contributed by atoms with Gasteiger partial charge in [0.25, 0.3) is 0 Å². The first-order valence-electron chi connectivity index (χ1n) is 29.3. The first-order valence-corrected chi connectivity index (χ1v) is 30.7. The molecule has 0 radical (unpaired) electrons. The zero-order chi connectivity index (χ0) is 65.6. The summed E-state index contributed by atoms with van der Waals surface area (Å²) >= 11 is 0. The Balaban J connectivity index is 1.43. The first kappa shape index (κ1) is 69.7. The molecule has 0 aliphatic carbocycles. The van der Waals surface area contributed by atoms with Crippen molar-refractivity contribution in [2.75, 3.05) is 37.3 Å². The number of aromatic nitrogens is 1. The lowest BCUT2D eigenvalue weighted by Crippen LogP contribution is -2.68. The van der Waals surface area contributed by atoms with E-state index in [2.05, 4.69) is 58.2 Å². The molecule has 1 saturated heterocycles. The second-order valence-corrected chi connectivity index (χ2v) is 24.3. The third-order valence-corrected chi connectivity index (χ3v) is 17.3. The molecule has 11 amide bonds. The van der Waals surface area contributed by atoms with E-state index < -0.39 is 200 Å². The highest BCUT2D eigenvalue weighted by Crippen LogP contribution is 2.33. The van der Waals surface area contributed by atoms with Crippen molar-refractivity contribution in [3.05, 3.63) is 53.6 Å². The Morgan fingerprint density at radius 1 is 0.843 bits per heavy atom. The van der Waals surface area contributed by atoms with Crippen molar-refractivity contribution in [1.82, 2.24) is 57.7 Å². The summed E-state index contributed by atoms with van der Waals surface area (Å²) in [5.41, 5.74) is 4.50. The predicted octanol–water partition coefficient (Wildman–Crippen LogP) is -3.66. The average Bonchev–Trinajstić information content (AvgIpc) is 1.68. The van der Waals surface area contributed by atoms with Gasteiger partial charge in [-0.3, -0.25) is 67.1 Å². The van der Waals surface area contributed by atoms with Crippen LogP contribution in [-0.2, 0) is 81.4 Å². The number of fused-ring (bicyclic) bond motifs is 5. The summed E-state index contributed by atoms with van der Waals surface area (Å²) in [5, 5.41) is 58.4.